The van der Waals surface area contributed by atoms with Gasteiger partial charge in [-0.15, -0.1) is 11.3 Å². The predicted octanol–water partition coefficient (Wildman–Crippen LogP) is 5.84. The van der Waals surface area contributed by atoms with E-state index in [9.17, 15) is 14.7 Å². The molecule has 0 bridgehead atoms. The van der Waals surface area contributed by atoms with Crippen molar-refractivity contribution in [3.63, 3.8) is 0 Å². The number of benzene rings is 2. The zero-order chi connectivity index (χ0) is 22.9. The first kappa shape index (κ1) is 21.8. The number of Topliss-reactive ketones (excluding diaryl/α,β-unsaturated/α-hetero) is 1. The molecular formula is C26H25NO4S. The molecule has 32 heavy (non-hydrogen) atoms. The Hall–Kier alpha value is -3.38. The first-order valence-corrected chi connectivity index (χ1v) is 11.3. The Bertz CT molecular complexity index is 1140. The largest absolute Gasteiger partial charge is 0.503 e. The number of thiophene rings is 1. The van der Waals surface area contributed by atoms with Gasteiger partial charge in [0.2, 0.25) is 0 Å². The minimum absolute atomic E-state index is 0.148. The highest BCUT2D eigenvalue weighted by Crippen LogP contribution is 2.44. The molecule has 0 saturated heterocycles. The van der Waals surface area contributed by atoms with Crippen LogP contribution in [0.1, 0.15) is 37.3 Å². The number of nitrogens with zero attached hydrogens (tertiary/aromatic N) is 1. The number of hydrogen-bond donors (Lipinski definition) is 1. The SMILES string of the molecule is CC(C)(C)C(=O)C1=C(O)C(=O)N(c2ccc(OCc3ccccc3)cc2)C1c1cccs1. The smallest absolute Gasteiger partial charge is 0.294 e. The third-order valence-electron chi connectivity index (χ3n) is 5.31. The van der Waals surface area contributed by atoms with Gasteiger partial charge in [-0.2, -0.15) is 0 Å². The second-order valence-corrected chi connectivity index (χ2v) is 9.68. The molecule has 1 aliphatic rings. The Morgan fingerprint density at radius 1 is 1.03 bits per heavy atom. The average Bonchev–Trinajstić information content (AvgIpc) is 3.39. The molecule has 4 rings (SSSR count). The molecule has 2 aromatic carbocycles. The van der Waals surface area contributed by atoms with Gasteiger partial charge in [-0.05, 0) is 41.3 Å². The molecule has 0 radical (unpaired) electrons. The highest BCUT2D eigenvalue weighted by molar-refractivity contribution is 7.10. The number of ether oxygens (including phenoxy) is 1. The molecule has 0 fully saturated rings. The molecular weight excluding hydrogens is 422 g/mol. The maximum Gasteiger partial charge on any atom is 0.294 e. The third-order valence-corrected chi connectivity index (χ3v) is 6.23. The van der Waals surface area contributed by atoms with Crippen LogP contribution in [-0.4, -0.2) is 16.8 Å². The molecule has 6 heteroatoms. The Morgan fingerprint density at radius 3 is 2.31 bits per heavy atom. The predicted molar refractivity (Wildman–Crippen MR) is 126 cm³/mol. The van der Waals surface area contributed by atoms with E-state index in [4.69, 9.17) is 4.74 Å². The van der Waals surface area contributed by atoms with Crippen LogP contribution in [0.3, 0.4) is 0 Å². The third kappa shape index (κ3) is 4.18. The molecule has 3 aromatic rings. The van der Waals surface area contributed by atoms with E-state index in [0.29, 0.717) is 18.0 Å². The van der Waals surface area contributed by atoms with Gasteiger partial charge in [-0.25, -0.2) is 0 Å². The van der Waals surface area contributed by atoms with Crippen LogP contribution in [0, 0.1) is 5.41 Å². The molecule has 5 nitrogen and oxygen atoms in total. The molecule has 1 atom stereocenters. The summed E-state index contributed by atoms with van der Waals surface area (Å²) in [4.78, 5) is 28.6. The number of anilines is 1. The van der Waals surface area contributed by atoms with Crippen LogP contribution in [0.4, 0.5) is 5.69 Å². The van der Waals surface area contributed by atoms with Crippen LogP contribution in [0.5, 0.6) is 5.75 Å². The molecule has 1 N–H and O–H groups in total. The quantitative estimate of drug-likeness (QED) is 0.515. The summed E-state index contributed by atoms with van der Waals surface area (Å²) >= 11 is 1.45. The topological polar surface area (TPSA) is 66.8 Å². The molecule has 1 aliphatic heterocycles. The number of amides is 1. The minimum Gasteiger partial charge on any atom is -0.503 e. The van der Waals surface area contributed by atoms with Crippen LogP contribution in [0.2, 0.25) is 0 Å². The summed E-state index contributed by atoms with van der Waals surface area (Å²) in [6.45, 7) is 5.79. The van der Waals surface area contributed by atoms with E-state index < -0.39 is 23.1 Å². The monoisotopic (exact) mass is 447 g/mol. The van der Waals surface area contributed by atoms with Crippen molar-refractivity contribution in [1.82, 2.24) is 0 Å². The second-order valence-electron chi connectivity index (χ2n) is 8.70. The summed E-state index contributed by atoms with van der Waals surface area (Å²) in [6, 6.07) is 20.1. The van der Waals surface area contributed by atoms with Crippen LogP contribution in [0.25, 0.3) is 0 Å². The highest BCUT2D eigenvalue weighted by Gasteiger charge is 2.47. The van der Waals surface area contributed by atoms with Crippen molar-refractivity contribution in [2.24, 2.45) is 5.41 Å². The van der Waals surface area contributed by atoms with Crippen LogP contribution < -0.4 is 9.64 Å². The van der Waals surface area contributed by atoms with Crippen LogP contribution >= 0.6 is 11.3 Å². The van der Waals surface area contributed by atoms with Crippen molar-refractivity contribution in [3.05, 3.63) is 93.9 Å². The normalized spacial score (nSPS) is 16.5. The van der Waals surface area contributed by atoms with E-state index in [0.717, 1.165) is 10.4 Å². The van der Waals surface area contributed by atoms with Crippen molar-refractivity contribution >= 4 is 28.7 Å². The molecule has 2 heterocycles. The zero-order valence-corrected chi connectivity index (χ0v) is 19.1. The standard InChI is InChI=1S/C26H25NO4S/c1-26(2,3)24(29)21-22(20-10-7-15-32-20)27(25(30)23(21)28)18-11-13-19(14-12-18)31-16-17-8-5-4-6-9-17/h4-15,22,28H,16H2,1-3H3. The Morgan fingerprint density at radius 2 is 1.72 bits per heavy atom. The van der Waals surface area contributed by atoms with Gasteiger partial charge in [-0.3, -0.25) is 14.5 Å². The fourth-order valence-corrected chi connectivity index (χ4v) is 4.49. The van der Waals surface area contributed by atoms with Gasteiger partial charge in [-0.1, -0.05) is 57.2 Å². The van der Waals surface area contributed by atoms with Crippen LogP contribution in [0.15, 0.2) is 83.4 Å². The summed E-state index contributed by atoms with van der Waals surface area (Å²) in [5.74, 6) is -0.631. The lowest BCUT2D eigenvalue weighted by atomic mass is 9.83. The average molecular weight is 448 g/mol. The summed E-state index contributed by atoms with van der Waals surface area (Å²) in [6.07, 6.45) is 0. The van der Waals surface area contributed by atoms with E-state index >= 15 is 0 Å². The minimum atomic E-state index is -0.732. The van der Waals surface area contributed by atoms with Crippen molar-refractivity contribution < 1.29 is 19.4 Å². The highest BCUT2D eigenvalue weighted by atomic mass is 32.1. The van der Waals surface area contributed by atoms with E-state index in [-0.39, 0.29) is 11.4 Å². The number of hydrogen-bond acceptors (Lipinski definition) is 5. The van der Waals surface area contributed by atoms with Crippen molar-refractivity contribution in [1.29, 1.82) is 0 Å². The second kappa shape index (κ2) is 8.63. The molecule has 1 amide bonds. The van der Waals surface area contributed by atoms with E-state index in [2.05, 4.69) is 0 Å². The van der Waals surface area contributed by atoms with E-state index in [1.54, 1.807) is 45.0 Å². The maximum absolute atomic E-state index is 13.2. The molecule has 0 saturated carbocycles. The number of carbonyl (C=O) groups excluding carboxylic acids is 2. The van der Waals surface area contributed by atoms with Gasteiger partial charge in [0, 0.05) is 16.0 Å². The first-order valence-electron chi connectivity index (χ1n) is 10.4. The number of carbonyl (C=O) groups is 2. The molecule has 1 unspecified atom stereocenters. The fraction of sp³-hybridized carbons (Fsp3) is 0.231. The number of aliphatic hydroxyl groups excluding tert-OH is 1. The fourth-order valence-electron chi connectivity index (χ4n) is 3.67. The number of ketones is 1. The van der Waals surface area contributed by atoms with Gasteiger partial charge in [0.05, 0.1) is 5.57 Å². The van der Waals surface area contributed by atoms with E-state index in [1.807, 2.05) is 47.8 Å². The number of rotatable bonds is 6. The van der Waals surface area contributed by atoms with Crippen molar-refractivity contribution in [2.45, 2.75) is 33.4 Å². The molecule has 1 aromatic heterocycles. The van der Waals surface area contributed by atoms with Crippen molar-refractivity contribution in [3.8, 4) is 5.75 Å². The molecule has 0 spiro atoms. The first-order chi connectivity index (χ1) is 15.3. The molecule has 164 valence electrons. The lowest BCUT2D eigenvalue weighted by Gasteiger charge is -2.28. The Labute approximate surface area is 191 Å². The van der Waals surface area contributed by atoms with Crippen molar-refractivity contribution in [2.75, 3.05) is 4.90 Å². The summed E-state index contributed by atoms with van der Waals surface area (Å²) in [5.41, 5.74) is 1.06. The van der Waals surface area contributed by atoms with Gasteiger partial charge in [0.25, 0.3) is 5.91 Å². The van der Waals surface area contributed by atoms with Gasteiger partial charge in [0.15, 0.2) is 11.5 Å². The lowest BCUT2D eigenvalue weighted by molar-refractivity contribution is -0.123. The summed E-state index contributed by atoms with van der Waals surface area (Å²) < 4.78 is 5.85. The van der Waals surface area contributed by atoms with E-state index in [1.165, 1.54) is 16.2 Å². The maximum atomic E-state index is 13.2. The zero-order valence-electron chi connectivity index (χ0n) is 18.2. The summed E-state index contributed by atoms with van der Waals surface area (Å²) in [7, 11) is 0. The van der Waals surface area contributed by atoms with Gasteiger partial charge >= 0.3 is 0 Å². The van der Waals surface area contributed by atoms with Crippen LogP contribution in [-0.2, 0) is 16.2 Å². The Kier molecular flexibility index (Phi) is 5.89. The Balaban J connectivity index is 1.63. The van der Waals surface area contributed by atoms with Gasteiger partial charge < -0.3 is 9.84 Å². The lowest BCUT2D eigenvalue weighted by Crippen LogP contribution is -2.32. The molecule has 0 aliphatic carbocycles. The van der Waals surface area contributed by atoms with Gasteiger partial charge in [0.1, 0.15) is 18.4 Å². The summed E-state index contributed by atoms with van der Waals surface area (Å²) in [5, 5.41) is 12.6. The number of aliphatic hydroxyl groups is 1.